The molecule has 1 N–H and O–H groups in total. The average molecular weight is 472 g/mol. The Morgan fingerprint density at radius 1 is 1.06 bits per heavy atom. The summed E-state index contributed by atoms with van der Waals surface area (Å²) in [5.41, 5.74) is 1.21. The first-order valence-electron chi connectivity index (χ1n) is 11.0. The molecule has 1 aliphatic heterocycles. The van der Waals surface area contributed by atoms with E-state index in [4.69, 9.17) is 9.47 Å². The summed E-state index contributed by atoms with van der Waals surface area (Å²) < 4.78 is 10.6. The average Bonchev–Trinajstić information content (AvgIpc) is 3.14. The Morgan fingerprint density at radius 2 is 1.83 bits per heavy atom. The molecule has 3 aromatic rings. The zero-order valence-corrected chi connectivity index (χ0v) is 19.5. The molecule has 1 unspecified atom stereocenters. The van der Waals surface area contributed by atoms with E-state index < -0.39 is 23.7 Å². The smallest absolute Gasteiger partial charge is 0.338 e. The first-order valence-corrected chi connectivity index (χ1v) is 11.0. The van der Waals surface area contributed by atoms with Crippen LogP contribution in [0.2, 0.25) is 0 Å². The van der Waals surface area contributed by atoms with E-state index in [1.807, 2.05) is 0 Å². The lowest BCUT2D eigenvalue weighted by atomic mass is 9.95. The van der Waals surface area contributed by atoms with Crippen LogP contribution in [-0.4, -0.2) is 41.0 Å². The molecule has 0 spiro atoms. The number of pyridine rings is 1. The molecule has 0 bridgehead atoms. The summed E-state index contributed by atoms with van der Waals surface area (Å²) in [6.45, 7) is 3.47. The zero-order valence-electron chi connectivity index (χ0n) is 19.5. The summed E-state index contributed by atoms with van der Waals surface area (Å²) in [5, 5.41) is 11.3. The van der Waals surface area contributed by atoms with E-state index in [0.717, 1.165) is 0 Å². The predicted octanol–water partition coefficient (Wildman–Crippen LogP) is 4.28. The molecule has 0 radical (unpaired) electrons. The molecule has 2 heterocycles. The number of aliphatic hydroxyl groups excluding tert-OH is 1. The molecular formula is C27H24N2O6. The van der Waals surface area contributed by atoms with Crippen molar-refractivity contribution in [1.82, 2.24) is 4.98 Å². The molecular weight excluding hydrogens is 448 g/mol. The SMILES string of the molecule is COc1ccccc1/C(O)=C1\C(=O)C(=O)N(c2cccc(C(=O)OC(C)C)c2)C1c1cccnc1. The number of aliphatic hydroxyl groups is 1. The number of carbonyl (C=O) groups is 3. The number of ether oxygens (including phenoxy) is 2. The van der Waals surface area contributed by atoms with Gasteiger partial charge in [-0.15, -0.1) is 0 Å². The van der Waals surface area contributed by atoms with E-state index in [2.05, 4.69) is 4.98 Å². The fourth-order valence-electron chi connectivity index (χ4n) is 4.00. The molecule has 178 valence electrons. The van der Waals surface area contributed by atoms with Crippen LogP contribution in [0.25, 0.3) is 5.76 Å². The highest BCUT2D eigenvalue weighted by atomic mass is 16.5. The number of hydrogen-bond acceptors (Lipinski definition) is 7. The van der Waals surface area contributed by atoms with Crippen molar-refractivity contribution in [1.29, 1.82) is 0 Å². The quantitative estimate of drug-likeness (QED) is 0.247. The van der Waals surface area contributed by atoms with Crippen LogP contribution in [-0.2, 0) is 14.3 Å². The molecule has 4 rings (SSSR count). The van der Waals surface area contributed by atoms with Gasteiger partial charge in [0.05, 0.1) is 36.0 Å². The van der Waals surface area contributed by atoms with Crippen molar-refractivity contribution in [2.24, 2.45) is 0 Å². The number of esters is 1. The minimum Gasteiger partial charge on any atom is -0.507 e. The number of nitrogens with zero attached hydrogens (tertiary/aromatic N) is 2. The van der Waals surface area contributed by atoms with E-state index in [0.29, 0.717) is 17.0 Å². The van der Waals surface area contributed by atoms with Gasteiger partial charge in [-0.05, 0) is 55.8 Å². The zero-order chi connectivity index (χ0) is 25.1. The van der Waals surface area contributed by atoms with Crippen molar-refractivity contribution in [3.63, 3.8) is 0 Å². The highest BCUT2D eigenvalue weighted by Gasteiger charge is 2.47. The number of hydrogen-bond donors (Lipinski definition) is 1. The van der Waals surface area contributed by atoms with Crippen molar-refractivity contribution in [3.05, 3.63) is 95.3 Å². The van der Waals surface area contributed by atoms with Gasteiger partial charge in [-0.25, -0.2) is 4.79 Å². The van der Waals surface area contributed by atoms with E-state index in [1.54, 1.807) is 74.6 Å². The Balaban J connectivity index is 1.90. The Kier molecular flexibility index (Phi) is 6.64. The third-order valence-electron chi connectivity index (χ3n) is 5.51. The molecule has 1 fully saturated rings. The highest BCUT2D eigenvalue weighted by Crippen LogP contribution is 2.43. The Hall–Kier alpha value is -4.46. The lowest BCUT2D eigenvalue weighted by Crippen LogP contribution is -2.29. The molecule has 0 saturated carbocycles. The van der Waals surface area contributed by atoms with Crippen molar-refractivity contribution < 1.29 is 29.0 Å². The number of carbonyl (C=O) groups excluding carboxylic acids is 3. The van der Waals surface area contributed by atoms with Crippen LogP contribution in [0.5, 0.6) is 5.75 Å². The number of ketones is 1. The molecule has 35 heavy (non-hydrogen) atoms. The topological polar surface area (TPSA) is 106 Å². The Bertz CT molecular complexity index is 1320. The Morgan fingerprint density at radius 3 is 2.51 bits per heavy atom. The van der Waals surface area contributed by atoms with Gasteiger partial charge in [-0.3, -0.25) is 19.5 Å². The monoisotopic (exact) mass is 472 g/mol. The van der Waals surface area contributed by atoms with E-state index in [-0.39, 0.29) is 28.6 Å². The van der Waals surface area contributed by atoms with Crippen LogP contribution in [0, 0.1) is 0 Å². The predicted molar refractivity (Wildman–Crippen MR) is 129 cm³/mol. The summed E-state index contributed by atoms with van der Waals surface area (Å²) in [7, 11) is 1.45. The molecule has 2 aromatic carbocycles. The third kappa shape index (κ3) is 4.50. The van der Waals surface area contributed by atoms with Crippen LogP contribution >= 0.6 is 0 Å². The van der Waals surface area contributed by atoms with Crippen molar-refractivity contribution >= 4 is 29.1 Å². The largest absolute Gasteiger partial charge is 0.507 e. The van der Waals surface area contributed by atoms with Gasteiger partial charge < -0.3 is 14.6 Å². The van der Waals surface area contributed by atoms with Crippen LogP contribution in [0.3, 0.4) is 0 Å². The van der Waals surface area contributed by atoms with Gasteiger partial charge in [0.1, 0.15) is 11.5 Å². The molecule has 0 aliphatic carbocycles. The van der Waals surface area contributed by atoms with Gasteiger partial charge in [-0.2, -0.15) is 0 Å². The first-order chi connectivity index (χ1) is 16.8. The van der Waals surface area contributed by atoms with Gasteiger partial charge in [0.2, 0.25) is 0 Å². The standard InChI is InChI=1S/C27H24N2O6/c1-16(2)35-27(33)17-8-6-10-19(14-17)29-23(18-9-7-13-28-15-18)22(25(31)26(29)32)24(30)20-11-4-5-12-21(20)34-3/h4-16,23,30H,1-3H3/b24-22+. The lowest BCUT2D eigenvalue weighted by Gasteiger charge is -2.25. The molecule has 1 saturated heterocycles. The number of methoxy groups -OCH3 is 1. The van der Waals surface area contributed by atoms with E-state index in [9.17, 15) is 19.5 Å². The second-order valence-corrected chi connectivity index (χ2v) is 8.16. The molecule has 8 heteroatoms. The van der Waals surface area contributed by atoms with Crippen molar-refractivity contribution in [2.45, 2.75) is 26.0 Å². The lowest BCUT2D eigenvalue weighted by molar-refractivity contribution is -0.132. The maximum Gasteiger partial charge on any atom is 0.338 e. The van der Waals surface area contributed by atoms with Gasteiger partial charge >= 0.3 is 5.97 Å². The molecule has 8 nitrogen and oxygen atoms in total. The number of anilines is 1. The first kappa shape index (κ1) is 23.7. The molecule has 1 aromatic heterocycles. The maximum absolute atomic E-state index is 13.3. The van der Waals surface area contributed by atoms with Crippen LogP contribution in [0.1, 0.15) is 41.4 Å². The van der Waals surface area contributed by atoms with E-state index >= 15 is 0 Å². The second-order valence-electron chi connectivity index (χ2n) is 8.16. The maximum atomic E-state index is 13.3. The number of aromatic nitrogens is 1. The van der Waals surface area contributed by atoms with Gasteiger partial charge in [-0.1, -0.05) is 24.3 Å². The van der Waals surface area contributed by atoms with E-state index in [1.165, 1.54) is 24.3 Å². The number of benzene rings is 2. The minimum atomic E-state index is -0.981. The summed E-state index contributed by atoms with van der Waals surface area (Å²) in [6.07, 6.45) is 2.77. The summed E-state index contributed by atoms with van der Waals surface area (Å²) in [4.78, 5) is 44.5. The molecule has 1 atom stereocenters. The number of rotatable bonds is 6. The van der Waals surface area contributed by atoms with Gasteiger partial charge in [0.25, 0.3) is 11.7 Å². The van der Waals surface area contributed by atoms with Crippen LogP contribution in [0.15, 0.2) is 78.6 Å². The number of amides is 1. The minimum absolute atomic E-state index is 0.109. The molecule has 1 amide bonds. The normalized spacial score (nSPS) is 17.0. The van der Waals surface area contributed by atoms with Crippen molar-refractivity contribution in [3.8, 4) is 5.75 Å². The van der Waals surface area contributed by atoms with Gasteiger partial charge in [0, 0.05) is 18.1 Å². The summed E-state index contributed by atoms with van der Waals surface area (Å²) >= 11 is 0. The molecule has 1 aliphatic rings. The van der Waals surface area contributed by atoms with Crippen LogP contribution in [0.4, 0.5) is 5.69 Å². The highest BCUT2D eigenvalue weighted by molar-refractivity contribution is 6.51. The number of para-hydroxylation sites is 1. The number of Topliss-reactive ketones (excluding diaryl/α,β-unsaturated/α-hetero) is 1. The second kappa shape index (κ2) is 9.80. The summed E-state index contributed by atoms with van der Waals surface area (Å²) in [6, 6.07) is 15.4. The summed E-state index contributed by atoms with van der Waals surface area (Å²) in [5.74, 6) is -2.28. The third-order valence-corrected chi connectivity index (χ3v) is 5.51. The fourth-order valence-corrected chi connectivity index (χ4v) is 4.00. The van der Waals surface area contributed by atoms with Crippen molar-refractivity contribution in [2.75, 3.05) is 12.0 Å². The fraction of sp³-hybridized carbons (Fsp3) is 0.185. The van der Waals surface area contributed by atoms with Gasteiger partial charge in [0.15, 0.2) is 0 Å². The Labute approximate surface area is 202 Å². The van der Waals surface area contributed by atoms with Crippen LogP contribution < -0.4 is 9.64 Å².